The van der Waals surface area contributed by atoms with Gasteiger partial charge in [-0.15, -0.1) is 0 Å². The zero-order valence-corrected chi connectivity index (χ0v) is 9.79. The van der Waals surface area contributed by atoms with E-state index >= 15 is 0 Å². The number of benzene rings is 2. The summed E-state index contributed by atoms with van der Waals surface area (Å²) in [6, 6.07) is 13.0. The van der Waals surface area contributed by atoms with E-state index < -0.39 is 0 Å². The van der Waals surface area contributed by atoms with Crippen LogP contribution in [0.2, 0.25) is 5.02 Å². The molecule has 3 heteroatoms. The molecule has 0 saturated carbocycles. The van der Waals surface area contributed by atoms with Gasteiger partial charge < -0.3 is 5.32 Å². The molecule has 0 atom stereocenters. The fourth-order valence-corrected chi connectivity index (χ4v) is 2.26. The molecule has 1 aliphatic heterocycles. The number of hydrogen-bond donors (Lipinski definition) is 1. The lowest BCUT2D eigenvalue weighted by Gasteiger charge is -2.04. The third-order valence-corrected chi connectivity index (χ3v) is 3.19. The summed E-state index contributed by atoms with van der Waals surface area (Å²) in [5, 5.41) is 3.86. The highest BCUT2D eigenvalue weighted by Crippen LogP contribution is 2.27. The van der Waals surface area contributed by atoms with Gasteiger partial charge in [-0.25, -0.2) is 0 Å². The van der Waals surface area contributed by atoms with Crippen LogP contribution in [0.5, 0.6) is 0 Å². The van der Waals surface area contributed by atoms with Crippen LogP contribution >= 0.6 is 11.6 Å². The Balaban J connectivity index is 2.22. The molecule has 2 aromatic carbocycles. The highest BCUT2D eigenvalue weighted by molar-refractivity contribution is 6.31. The van der Waals surface area contributed by atoms with E-state index in [2.05, 4.69) is 5.32 Å². The predicted molar refractivity (Wildman–Crippen MR) is 68.7 cm³/mol. The lowest BCUT2D eigenvalue weighted by molar-refractivity contribution is 0.103. The molecule has 0 aliphatic carbocycles. The van der Waals surface area contributed by atoms with Crippen molar-refractivity contribution in [3.05, 3.63) is 64.2 Å². The number of hydrogen-bond acceptors (Lipinski definition) is 2. The number of fused-ring (bicyclic) bond motifs is 2. The molecule has 84 valence electrons. The molecular formula is C14H10ClNO. The first-order valence-electron chi connectivity index (χ1n) is 5.42. The minimum absolute atomic E-state index is 0.0306. The number of carbonyl (C=O) groups is 1. The fraction of sp³-hybridized carbons (Fsp3) is 0.0714. The average Bonchev–Trinajstić information content (AvgIpc) is 2.49. The van der Waals surface area contributed by atoms with Crippen molar-refractivity contribution in [3.63, 3.8) is 0 Å². The van der Waals surface area contributed by atoms with E-state index in [-0.39, 0.29) is 5.78 Å². The van der Waals surface area contributed by atoms with Gasteiger partial charge in [0, 0.05) is 28.4 Å². The third-order valence-electron chi connectivity index (χ3n) is 2.96. The second kappa shape index (κ2) is 3.90. The third kappa shape index (κ3) is 1.71. The summed E-state index contributed by atoms with van der Waals surface area (Å²) in [7, 11) is 0. The van der Waals surface area contributed by atoms with Crippen LogP contribution in [0.1, 0.15) is 21.5 Å². The maximum absolute atomic E-state index is 12.4. The van der Waals surface area contributed by atoms with Gasteiger partial charge in [-0.2, -0.15) is 0 Å². The van der Waals surface area contributed by atoms with E-state index in [0.717, 1.165) is 11.3 Å². The molecule has 0 amide bonds. The van der Waals surface area contributed by atoms with Gasteiger partial charge >= 0.3 is 0 Å². The number of anilines is 1. The van der Waals surface area contributed by atoms with Crippen molar-refractivity contribution >= 4 is 23.1 Å². The maximum Gasteiger partial charge on any atom is 0.195 e. The molecule has 0 fully saturated rings. The largest absolute Gasteiger partial charge is 0.380 e. The molecule has 2 nitrogen and oxygen atoms in total. The zero-order chi connectivity index (χ0) is 11.8. The molecule has 0 spiro atoms. The number of carbonyl (C=O) groups excluding carboxylic acids is 1. The number of nitrogens with one attached hydrogen (secondary N) is 1. The lowest BCUT2D eigenvalue weighted by atomic mass is 9.99. The van der Waals surface area contributed by atoms with E-state index in [1.54, 1.807) is 6.07 Å². The molecule has 3 rings (SSSR count). The summed E-state index contributed by atoms with van der Waals surface area (Å²) < 4.78 is 0. The quantitative estimate of drug-likeness (QED) is 0.767. The Morgan fingerprint density at radius 3 is 2.76 bits per heavy atom. The second-order valence-corrected chi connectivity index (χ2v) is 4.47. The first-order valence-corrected chi connectivity index (χ1v) is 5.79. The molecular weight excluding hydrogens is 234 g/mol. The number of halogens is 1. The van der Waals surface area contributed by atoms with Gasteiger partial charge in [0.15, 0.2) is 5.78 Å². The summed E-state index contributed by atoms with van der Waals surface area (Å²) in [6.07, 6.45) is 0. The summed E-state index contributed by atoms with van der Waals surface area (Å²) in [5.41, 5.74) is 3.25. The van der Waals surface area contributed by atoms with Crippen LogP contribution in [0.25, 0.3) is 0 Å². The summed E-state index contributed by atoms with van der Waals surface area (Å²) >= 11 is 5.95. The Bertz CT molecular complexity index is 607. The number of ketones is 1. The smallest absolute Gasteiger partial charge is 0.195 e. The Labute approximate surface area is 104 Å². The average molecular weight is 244 g/mol. The molecule has 17 heavy (non-hydrogen) atoms. The van der Waals surface area contributed by atoms with Crippen molar-refractivity contribution in [3.8, 4) is 0 Å². The SMILES string of the molecule is O=C1c2cc(Cl)ccc2CNc2ccccc21. The van der Waals surface area contributed by atoms with Gasteiger partial charge in [0.2, 0.25) is 0 Å². The molecule has 1 aliphatic rings. The van der Waals surface area contributed by atoms with Crippen LogP contribution in [0, 0.1) is 0 Å². The molecule has 0 aromatic heterocycles. The number of para-hydroxylation sites is 1. The van der Waals surface area contributed by atoms with Gasteiger partial charge in [0.05, 0.1) is 0 Å². The van der Waals surface area contributed by atoms with Gasteiger partial charge in [-0.05, 0) is 29.8 Å². The van der Waals surface area contributed by atoms with E-state index in [1.807, 2.05) is 36.4 Å². The van der Waals surface area contributed by atoms with Crippen molar-refractivity contribution in [2.45, 2.75) is 6.54 Å². The van der Waals surface area contributed by atoms with Crippen LogP contribution < -0.4 is 5.32 Å². The van der Waals surface area contributed by atoms with E-state index in [9.17, 15) is 4.79 Å². The summed E-state index contributed by atoms with van der Waals surface area (Å²) in [4.78, 5) is 12.4. The first kappa shape index (κ1) is 10.4. The van der Waals surface area contributed by atoms with Gasteiger partial charge in [-0.1, -0.05) is 29.8 Å². The molecule has 1 heterocycles. The van der Waals surface area contributed by atoms with Crippen molar-refractivity contribution in [2.24, 2.45) is 0 Å². The van der Waals surface area contributed by atoms with Crippen LogP contribution in [-0.2, 0) is 6.54 Å². The molecule has 2 aromatic rings. The monoisotopic (exact) mass is 243 g/mol. The normalized spacial score (nSPS) is 13.4. The summed E-state index contributed by atoms with van der Waals surface area (Å²) in [5.74, 6) is 0.0306. The predicted octanol–water partition coefficient (Wildman–Crippen LogP) is 3.50. The van der Waals surface area contributed by atoms with Crippen LogP contribution in [-0.4, -0.2) is 5.78 Å². The van der Waals surface area contributed by atoms with Crippen molar-refractivity contribution in [1.29, 1.82) is 0 Å². The Morgan fingerprint density at radius 1 is 1.06 bits per heavy atom. The second-order valence-electron chi connectivity index (χ2n) is 4.03. The Kier molecular flexibility index (Phi) is 2.37. The highest BCUT2D eigenvalue weighted by atomic mass is 35.5. The zero-order valence-electron chi connectivity index (χ0n) is 9.03. The highest BCUT2D eigenvalue weighted by Gasteiger charge is 2.20. The Hall–Kier alpha value is -1.80. The molecule has 1 N–H and O–H groups in total. The van der Waals surface area contributed by atoms with Gasteiger partial charge in [0.1, 0.15) is 0 Å². The van der Waals surface area contributed by atoms with Gasteiger partial charge in [-0.3, -0.25) is 4.79 Å². The van der Waals surface area contributed by atoms with Crippen molar-refractivity contribution in [2.75, 3.05) is 5.32 Å². The van der Waals surface area contributed by atoms with Crippen LogP contribution in [0.15, 0.2) is 42.5 Å². The van der Waals surface area contributed by atoms with Crippen LogP contribution in [0.3, 0.4) is 0 Å². The van der Waals surface area contributed by atoms with E-state index in [4.69, 9.17) is 11.6 Å². The van der Waals surface area contributed by atoms with Gasteiger partial charge in [0.25, 0.3) is 0 Å². The lowest BCUT2D eigenvalue weighted by Crippen LogP contribution is -2.02. The maximum atomic E-state index is 12.4. The fourth-order valence-electron chi connectivity index (χ4n) is 2.09. The van der Waals surface area contributed by atoms with Crippen molar-refractivity contribution < 1.29 is 4.79 Å². The standard InChI is InChI=1S/C14H10ClNO/c15-10-6-5-9-8-16-13-4-2-1-3-11(13)14(17)12(9)7-10/h1-7,16H,8H2. The Morgan fingerprint density at radius 2 is 1.88 bits per heavy atom. The van der Waals surface area contributed by atoms with E-state index in [0.29, 0.717) is 22.7 Å². The first-order chi connectivity index (χ1) is 8.25. The van der Waals surface area contributed by atoms with E-state index in [1.165, 1.54) is 0 Å². The molecule has 0 unspecified atom stereocenters. The molecule has 0 saturated heterocycles. The van der Waals surface area contributed by atoms with Crippen LogP contribution in [0.4, 0.5) is 5.69 Å². The summed E-state index contributed by atoms with van der Waals surface area (Å²) in [6.45, 7) is 0.648. The van der Waals surface area contributed by atoms with Crippen molar-refractivity contribution in [1.82, 2.24) is 0 Å². The molecule has 0 bridgehead atoms. The minimum atomic E-state index is 0.0306. The topological polar surface area (TPSA) is 29.1 Å². The minimum Gasteiger partial charge on any atom is -0.380 e. The molecule has 0 radical (unpaired) electrons. The number of rotatable bonds is 0.